The third kappa shape index (κ3) is 4.16. The zero-order valence-electron chi connectivity index (χ0n) is 11.6. The van der Waals surface area contributed by atoms with Gasteiger partial charge in [0.25, 0.3) is 0 Å². The molecule has 0 aliphatic carbocycles. The first kappa shape index (κ1) is 18.8. The summed E-state index contributed by atoms with van der Waals surface area (Å²) in [4.78, 5) is 0.101. The van der Waals surface area contributed by atoms with Gasteiger partial charge in [-0.05, 0) is 59.8 Å². The topological polar surface area (TPSA) is 63.4 Å². The fourth-order valence-electron chi connectivity index (χ4n) is 2.44. The summed E-state index contributed by atoms with van der Waals surface area (Å²) in [6.45, 7) is 2.80. The summed E-state index contributed by atoms with van der Waals surface area (Å²) < 4.78 is 40.0. The first-order valence-corrected chi connectivity index (χ1v) is 8.76. The average molecular weight is 402 g/mol. The van der Waals surface area contributed by atoms with Crippen LogP contribution in [0.15, 0.2) is 27.6 Å². The minimum atomic E-state index is -3.61. The smallest absolute Gasteiger partial charge is 0.244 e. The molecule has 0 aromatic heterocycles. The molecule has 2 atom stereocenters. The van der Waals surface area contributed by atoms with Gasteiger partial charge in [-0.25, -0.2) is 12.8 Å². The molecule has 2 rings (SSSR count). The van der Waals surface area contributed by atoms with E-state index in [0.29, 0.717) is 13.1 Å². The molecule has 21 heavy (non-hydrogen) atoms. The van der Waals surface area contributed by atoms with Gasteiger partial charge in [-0.2, -0.15) is 4.31 Å². The van der Waals surface area contributed by atoms with Crippen LogP contribution in [-0.4, -0.2) is 31.9 Å². The minimum absolute atomic E-state index is 0. The Morgan fingerprint density at radius 3 is 2.71 bits per heavy atom. The van der Waals surface area contributed by atoms with E-state index in [0.717, 1.165) is 18.9 Å². The van der Waals surface area contributed by atoms with E-state index in [-0.39, 0.29) is 33.7 Å². The molecule has 8 heteroatoms. The zero-order chi connectivity index (χ0) is 14.9. The van der Waals surface area contributed by atoms with Gasteiger partial charge in [-0.15, -0.1) is 12.4 Å². The Hall–Kier alpha value is -0.210. The van der Waals surface area contributed by atoms with Crippen LogP contribution in [0.1, 0.15) is 19.8 Å². The standard InChI is InChI=1S/C13H18BrFN2O2S.ClH/c1-9(16)10-3-2-6-17(8-10)20(18,19)13-5-4-11(15)7-12(13)14;/h4-5,7,9-10H,2-3,6,8,16H2,1H3;1H. The van der Waals surface area contributed by atoms with E-state index >= 15 is 0 Å². The van der Waals surface area contributed by atoms with Gasteiger partial charge < -0.3 is 5.73 Å². The predicted octanol–water partition coefficient (Wildman–Crippen LogP) is 2.76. The lowest BCUT2D eigenvalue weighted by molar-refractivity contribution is 0.243. The maximum Gasteiger partial charge on any atom is 0.244 e. The summed E-state index contributed by atoms with van der Waals surface area (Å²) in [7, 11) is -3.61. The quantitative estimate of drug-likeness (QED) is 0.847. The van der Waals surface area contributed by atoms with E-state index in [1.165, 1.54) is 16.4 Å². The summed E-state index contributed by atoms with van der Waals surface area (Å²) >= 11 is 3.12. The van der Waals surface area contributed by atoms with Crippen LogP contribution in [0, 0.1) is 11.7 Å². The van der Waals surface area contributed by atoms with Gasteiger partial charge in [0, 0.05) is 23.6 Å². The number of hydrogen-bond donors (Lipinski definition) is 1. The summed E-state index contributed by atoms with van der Waals surface area (Å²) in [5.74, 6) is -0.305. The van der Waals surface area contributed by atoms with Gasteiger partial charge in [0.2, 0.25) is 10.0 Å². The van der Waals surface area contributed by atoms with Crippen molar-refractivity contribution >= 4 is 38.4 Å². The Labute approximate surface area is 139 Å². The number of hydrogen-bond acceptors (Lipinski definition) is 3. The summed E-state index contributed by atoms with van der Waals surface area (Å²) in [6.07, 6.45) is 1.73. The van der Waals surface area contributed by atoms with E-state index in [1.807, 2.05) is 6.92 Å². The monoisotopic (exact) mass is 400 g/mol. The molecule has 1 heterocycles. The van der Waals surface area contributed by atoms with Gasteiger partial charge in [0.05, 0.1) is 4.90 Å². The number of sulfonamides is 1. The number of halogens is 3. The Morgan fingerprint density at radius 1 is 1.48 bits per heavy atom. The van der Waals surface area contributed by atoms with Crippen molar-refractivity contribution in [3.63, 3.8) is 0 Å². The number of rotatable bonds is 3. The van der Waals surface area contributed by atoms with Crippen molar-refractivity contribution in [2.45, 2.75) is 30.7 Å². The first-order chi connectivity index (χ1) is 9.32. The van der Waals surface area contributed by atoms with Crippen LogP contribution < -0.4 is 5.73 Å². The molecule has 1 aliphatic heterocycles. The molecule has 0 bridgehead atoms. The minimum Gasteiger partial charge on any atom is -0.328 e. The molecule has 120 valence electrons. The Kier molecular flexibility index (Phi) is 6.61. The van der Waals surface area contributed by atoms with E-state index in [4.69, 9.17) is 5.73 Å². The highest BCUT2D eigenvalue weighted by Gasteiger charge is 2.32. The fraction of sp³-hybridized carbons (Fsp3) is 0.538. The SMILES string of the molecule is CC(N)C1CCCN(S(=O)(=O)c2ccc(F)cc2Br)C1.Cl. The van der Waals surface area contributed by atoms with Gasteiger partial charge in [-0.3, -0.25) is 0 Å². The van der Waals surface area contributed by atoms with Gasteiger partial charge in [0.1, 0.15) is 5.82 Å². The molecular formula is C13H19BrClFN2O2S. The van der Waals surface area contributed by atoms with Crippen LogP contribution in [0.5, 0.6) is 0 Å². The largest absolute Gasteiger partial charge is 0.328 e. The van der Waals surface area contributed by atoms with Crippen LogP contribution in [0.3, 0.4) is 0 Å². The van der Waals surface area contributed by atoms with E-state index in [9.17, 15) is 12.8 Å². The van der Waals surface area contributed by atoms with E-state index in [1.54, 1.807) is 0 Å². The van der Waals surface area contributed by atoms with Crippen molar-refractivity contribution in [3.8, 4) is 0 Å². The lowest BCUT2D eigenvalue weighted by Gasteiger charge is -2.33. The van der Waals surface area contributed by atoms with Crippen molar-refractivity contribution in [1.29, 1.82) is 0 Å². The van der Waals surface area contributed by atoms with Crippen LogP contribution in [-0.2, 0) is 10.0 Å². The number of piperidine rings is 1. The second-order valence-electron chi connectivity index (χ2n) is 5.20. The predicted molar refractivity (Wildman–Crippen MR) is 86.5 cm³/mol. The van der Waals surface area contributed by atoms with Crippen molar-refractivity contribution in [1.82, 2.24) is 4.31 Å². The fourth-order valence-corrected chi connectivity index (χ4v) is 4.99. The van der Waals surface area contributed by atoms with Crippen LogP contribution in [0.2, 0.25) is 0 Å². The zero-order valence-corrected chi connectivity index (χ0v) is 14.8. The lowest BCUT2D eigenvalue weighted by atomic mass is 9.93. The third-order valence-corrected chi connectivity index (χ3v) is 6.52. The van der Waals surface area contributed by atoms with Gasteiger partial charge >= 0.3 is 0 Å². The molecule has 0 amide bonds. The summed E-state index contributed by atoms with van der Waals surface area (Å²) in [5, 5.41) is 0. The Morgan fingerprint density at radius 2 is 2.14 bits per heavy atom. The van der Waals surface area contributed by atoms with Crippen molar-refractivity contribution in [2.24, 2.45) is 11.7 Å². The van der Waals surface area contributed by atoms with Crippen molar-refractivity contribution < 1.29 is 12.8 Å². The molecule has 1 saturated heterocycles. The van der Waals surface area contributed by atoms with E-state index in [2.05, 4.69) is 15.9 Å². The summed E-state index contributed by atoms with van der Waals surface area (Å²) in [6, 6.07) is 3.58. The lowest BCUT2D eigenvalue weighted by Crippen LogP contribution is -2.45. The maximum absolute atomic E-state index is 13.1. The van der Waals surface area contributed by atoms with Crippen molar-refractivity contribution in [2.75, 3.05) is 13.1 Å². The van der Waals surface area contributed by atoms with Crippen LogP contribution >= 0.6 is 28.3 Å². The third-order valence-electron chi connectivity index (χ3n) is 3.68. The molecule has 2 N–H and O–H groups in total. The molecule has 1 aromatic carbocycles. The molecule has 4 nitrogen and oxygen atoms in total. The maximum atomic E-state index is 13.1. The van der Waals surface area contributed by atoms with Crippen LogP contribution in [0.25, 0.3) is 0 Å². The second-order valence-corrected chi connectivity index (χ2v) is 7.96. The highest BCUT2D eigenvalue weighted by molar-refractivity contribution is 9.10. The highest BCUT2D eigenvalue weighted by atomic mass is 79.9. The average Bonchev–Trinajstić information content (AvgIpc) is 2.38. The molecule has 0 radical (unpaired) electrons. The van der Waals surface area contributed by atoms with Crippen molar-refractivity contribution in [3.05, 3.63) is 28.5 Å². The Bertz CT molecular complexity index is 598. The number of nitrogens with two attached hydrogens (primary N) is 1. The molecule has 0 saturated carbocycles. The second kappa shape index (κ2) is 7.37. The molecule has 0 spiro atoms. The first-order valence-electron chi connectivity index (χ1n) is 6.53. The van der Waals surface area contributed by atoms with Crippen LogP contribution in [0.4, 0.5) is 4.39 Å². The Balaban J connectivity index is 0.00000220. The summed E-state index contributed by atoms with van der Waals surface area (Å²) in [5.41, 5.74) is 5.88. The molecule has 1 fully saturated rings. The van der Waals surface area contributed by atoms with Gasteiger partial charge in [-0.1, -0.05) is 0 Å². The number of nitrogens with zero attached hydrogens (tertiary/aromatic N) is 1. The molecular weight excluding hydrogens is 383 g/mol. The number of benzene rings is 1. The molecule has 1 aliphatic rings. The molecule has 1 aromatic rings. The highest BCUT2D eigenvalue weighted by Crippen LogP contribution is 2.29. The normalized spacial score (nSPS) is 21.6. The van der Waals surface area contributed by atoms with E-state index < -0.39 is 15.8 Å². The molecule has 2 unspecified atom stereocenters. The van der Waals surface area contributed by atoms with Gasteiger partial charge in [0.15, 0.2) is 0 Å².